The van der Waals surface area contributed by atoms with E-state index in [9.17, 15) is 4.79 Å². The number of nitrogens with one attached hydrogen (secondary N) is 1. The van der Waals surface area contributed by atoms with E-state index < -0.39 is 0 Å². The Bertz CT molecular complexity index is 1380. The molecule has 0 saturated heterocycles. The van der Waals surface area contributed by atoms with Crippen LogP contribution in [0.1, 0.15) is 60.1 Å². The van der Waals surface area contributed by atoms with Crippen LogP contribution >= 0.6 is 0 Å². The largest absolute Gasteiger partial charge is 0.383 e. The van der Waals surface area contributed by atoms with Crippen LogP contribution in [-0.4, -0.2) is 25.7 Å². The first-order valence-electron chi connectivity index (χ1n) is 12.2. The number of rotatable bonds is 6. The van der Waals surface area contributed by atoms with E-state index in [2.05, 4.69) is 28.8 Å². The minimum absolute atomic E-state index is 0.0589. The Hall–Kier alpha value is -4.00. The number of carbonyl (C=O) groups is 1. The lowest BCUT2D eigenvalue weighted by Crippen LogP contribution is -2.23. The van der Waals surface area contributed by atoms with Gasteiger partial charge in [-0.3, -0.25) is 4.79 Å². The van der Waals surface area contributed by atoms with Gasteiger partial charge in [-0.2, -0.15) is 5.10 Å². The molecule has 7 nitrogen and oxygen atoms in total. The molecule has 7 heteroatoms. The predicted molar refractivity (Wildman–Crippen MR) is 139 cm³/mol. The van der Waals surface area contributed by atoms with Crippen LogP contribution in [0, 0.1) is 0 Å². The van der Waals surface area contributed by atoms with Crippen molar-refractivity contribution in [2.24, 2.45) is 0 Å². The van der Waals surface area contributed by atoms with Crippen molar-refractivity contribution in [3.8, 4) is 11.3 Å². The molecule has 178 valence electrons. The molecule has 0 spiro atoms. The molecule has 2 heterocycles. The average Bonchev–Trinajstić information content (AvgIpc) is 3.29. The monoisotopic (exact) mass is 466 g/mol. The normalized spacial score (nSPS) is 14.4. The third-order valence-electron chi connectivity index (χ3n) is 6.85. The molecular weight excluding hydrogens is 436 g/mol. The Morgan fingerprint density at radius 1 is 1.11 bits per heavy atom. The zero-order valence-electron chi connectivity index (χ0n) is 20.0. The molecule has 4 aromatic rings. The van der Waals surface area contributed by atoms with Crippen molar-refractivity contribution < 1.29 is 4.79 Å². The van der Waals surface area contributed by atoms with E-state index in [4.69, 9.17) is 10.8 Å². The quantitative estimate of drug-likeness (QED) is 0.379. The Labute approximate surface area is 205 Å². The number of nitrogens with two attached hydrogens (primary N) is 1. The second-order valence-corrected chi connectivity index (χ2v) is 9.12. The molecule has 2 aromatic heterocycles. The average molecular weight is 467 g/mol. The molecule has 35 heavy (non-hydrogen) atoms. The van der Waals surface area contributed by atoms with Crippen molar-refractivity contribution in [1.29, 1.82) is 0 Å². The number of nitrogens with zero attached hydrogens (tertiary/aromatic N) is 4. The summed E-state index contributed by atoms with van der Waals surface area (Å²) in [5.41, 5.74) is 12.9. The Morgan fingerprint density at radius 3 is 2.60 bits per heavy atom. The molecule has 0 radical (unpaired) electrons. The Balaban J connectivity index is 1.38. The van der Waals surface area contributed by atoms with E-state index >= 15 is 0 Å². The van der Waals surface area contributed by atoms with Crippen molar-refractivity contribution in [3.05, 3.63) is 83.7 Å². The molecule has 1 aliphatic rings. The van der Waals surface area contributed by atoms with Gasteiger partial charge in [-0.15, -0.1) is 0 Å². The van der Waals surface area contributed by atoms with Crippen molar-refractivity contribution in [1.82, 2.24) is 25.1 Å². The molecule has 1 amide bonds. The number of fused-ring (bicyclic) bond motifs is 1. The highest BCUT2D eigenvalue weighted by molar-refractivity contribution is 5.98. The van der Waals surface area contributed by atoms with Gasteiger partial charge in [0.25, 0.3) is 5.91 Å². The van der Waals surface area contributed by atoms with Gasteiger partial charge in [0.2, 0.25) is 0 Å². The predicted octanol–water partition coefficient (Wildman–Crippen LogP) is 5.24. The van der Waals surface area contributed by atoms with Gasteiger partial charge in [-0.1, -0.05) is 61.5 Å². The van der Waals surface area contributed by atoms with Crippen molar-refractivity contribution in [2.45, 2.75) is 51.6 Å². The van der Waals surface area contributed by atoms with E-state index in [1.165, 1.54) is 11.9 Å². The maximum Gasteiger partial charge on any atom is 0.251 e. The van der Waals surface area contributed by atoms with Crippen LogP contribution < -0.4 is 11.1 Å². The molecule has 0 unspecified atom stereocenters. The Morgan fingerprint density at radius 2 is 1.86 bits per heavy atom. The summed E-state index contributed by atoms with van der Waals surface area (Å²) in [4.78, 5) is 21.4. The number of amides is 1. The van der Waals surface area contributed by atoms with Gasteiger partial charge in [0, 0.05) is 17.7 Å². The lowest BCUT2D eigenvalue weighted by atomic mass is 9.92. The van der Waals surface area contributed by atoms with Gasteiger partial charge in [0.15, 0.2) is 5.65 Å². The summed E-state index contributed by atoms with van der Waals surface area (Å²) >= 11 is 0. The van der Waals surface area contributed by atoms with E-state index in [1.807, 2.05) is 53.2 Å². The molecule has 0 aliphatic heterocycles. The minimum Gasteiger partial charge on any atom is -0.383 e. The minimum atomic E-state index is -0.0589. The van der Waals surface area contributed by atoms with Crippen molar-refractivity contribution in [3.63, 3.8) is 0 Å². The summed E-state index contributed by atoms with van der Waals surface area (Å²) in [6, 6.07) is 16.0. The summed E-state index contributed by atoms with van der Waals surface area (Å²) in [5, 5.41) is 8.79. The summed E-state index contributed by atoms with van der Waals surface area (Å²) in [7, 11) is 0. The Kier molecular flexibility index (Phi) is 6.31. The molecule has 1 fully saturated rings. The van der Waals surface area contributed by atoms with E-state index in [1.54, 1.807) is 0 Å². The van der Waals surface area contributed by atoms with Gasteiger partial charge in [0.1, 0.15) is 17.8 Å². The van der Waals surface area contributed by atoms with E-state index in [-0.39, 0.29) is 11.9 Å². The summed E-state index contributed by atoms with van der Waals surface area (Å²) in [5.74, 6) is 0.374. The molecular formula is C28H30N6O. The first-order chi connectivity index (χ1) is 17.0. The maximum atomic E-state index is 12.7. The van der Waals surface area contributed by atoms with Crippen LogP contribution in [0.15, 0.2) is 67.0 Å². The van der Waals surface area contributed by atoms with Crippen LogP contribution in [0.2, 0.25) is 0 Å². The first kappa shape index (κ1) is 22.8. The number of anilines is 1. The highest BCUT2D eigenvalue weighted by atomic mass is 16.1. The number of carbonyl (C=O) groups excluding carboxylic acids is 1. The van der Waals surface area contributed by atoms with Gasteiger partial charge >= 0.3 is 0 Å². The maximum absolute atomic E-state index is 12.7. The fourth-order valence-electron chi connectivity index (χ4n) is 4.82. The van der Waals surface area contributed by atoms with Crippen LogP contribution in [-0.2, 0) is 13.0 Å². The number of allylic oxidation sites excluding steroid dienone is 1. The van der Waals surface area contributed by atoms with Crippen molar-refractivity contribution >= 4 is 22.8 Å². The number of aryl methyl sites for hydroxylation is 1. The molecule has 5 rings (SSSR count). The third kappa shape index (κ3) is 4.54. The molecule has 0 atom stereocenters. The number of nitrogen functional groups attached to an aromatic ring is 1. The number of benzene rings is 2. The van der Waals surface area contributed by atoms with Gasteiger partial charge in [0.05, 0.1) is 11.4 Å². The molecule has 1 saturated carbocycles. The highest BCUT2D eigenvalue weighted by Crippen LogP contribution is 2.36. The van der Waals surface area contributed by atoms with Crippen molar-refractivity contribution in [2.75, 3.05) is 5.73 Å². The van der Waals surface area contributed by atoms with E-state index in [0.29, 0.717) is 12.4 Å². The standard InChI is InChI=1S/C28H30N6O/c1-3-20-6-4-5-7-23(20)28(35)30-16-19-10-12-21(13-11-19)25-24-26(29)31-17-32-27(24)34(33-25)22-14-8-18(2)9-15-22/h4-7,10-13,17,22H,2-3,8-9,14-16H2,1H3,(H,30,35)(H2,29,31,32). The van der Waals surface area contributed by atoms with Gasteiger partial charge in [-0.05, 0) is 49.3 Å². The SMILES string of the molecule is C=C1CCC(n2nc(-c3ccc(CNC(=O)c4ccccc4CC)cc3)c3c(N)ncnc32)CC1. The number of aromatic nitrogens is 4. The lowest BCUT2D eigenvalue weighted by Gasteiger charge is -2.23. The van der Waals surface area contributed by atoms with Gasteiger partial charge < -0.3 is 11.1 Å². The van der Waals surface area contributed by atoms with Gasteiger partial charge in [-0.25, -0.2) is 14.6 Å². The smallest absolute Gasteiger partial charge is 0.251 e. The zero-order chi connectivity index (χ0) is 24.4. The second kappa shape index (κ2) is 9.70. The number of hydrogen-bond donors (Lipinski definition) is 2. The van der Waals surface area contributed by atoms with Crippen LogP contribution in [0.4, 0.5) is 5.82 Å². The van der Waals surface area contributed by atoms with Crippen LogP contribution in [0.5, 0.6) is 0 Å². The highest BCUT2D eigenvalue weighted by Gasteiger charge is 2.24. The fourth-order valence-corrected chi connectivity index (χ4v) is 4.82. The zero-order valence-corrected chi connectivity index (χ0v) is 20.0. The molecule has 1 aliphatic carbocycles. The lowest BCUT2D eigenvalue weighted by molar-refractivity contribution is 0.0950. The summed E-state index contributed by atoms with van der Waals surface area (Å²) < 4.78 is 2.02. The second-order valence-electron chi connectivity index (χ2n) is 9.12. The molecule has 2 aromatic carbocycles. The topological polar surface area (TPSA) is 98.7 Å². The van der Waals surface area contributed by atoms with Crippen LogP contribution in [0.3, 0.4) is 0 Å². The first-order valence-corrected chi connectivity index (χ1v) is 12.2. The third-order valence-corrected chi connectivity index (χ3v) is 6.85. The molecule has 3 N–H and O–H groups in total. The summed E-state index contributed by atoms with van der Waals surface area (Å²) in [6.45, 7) is 6.63. The van der Waals surface area contributed by atoms with E-state index in [0.717, 1.165) is 71.1 Å². The molecule has 0 bridgehead atoms. The fraction of sp³-hybridized carbons (Fsp3) is 0.286. The number of hydrogen-bond acceptors (Lipinski definition) is 5. The van der Waals surface area contributed by atoms with Crippen LogP contribution in [0.25, 0.3) is 22.3 Å². The summed E-state index contributed by atoms with van der Waals surface area (Å²) in [6.07, 6.45) is 6.33.